The highest BCUT2D eigenvalue weighted by molar-refractivity contribution is 5.69. The molecule has 120 valence electrons. The molecule has 0 saturated heterocycles. The van der Waals surface area contributed by atoms with E-state index in [0.29, 0.717) is 39.2 Å². The van der Waals surface area contributed by atoms with Gasteiger partial charge in [0.25, 0.3) is 0 Å². The number of nitrogens with two attached hydrogens (primary N) is 1. The molecular formula is C15H31NO4. The van der Waals surface area contributed by atoms with E-state index in [1.165, 1.54) is 0 Å². The van der Waals surface area contributed by atoms with Crippen molar-refractivity contribution in [3.63, 3.8) is 0 Å². The van der Waals surface area contributed by atoms with Crippen molar-refractivity contribution in [3.8, 4) is 0 Å². The van der Waals surface area contributed by atoms with E-state index in [-0.39, 0.29) is 17.2 Å². The van der Waals surface area contributed by atoms with E-state index in [1.54, 1.807) is 0 Å². The second-order valence-electron chi connectivity index (χ2n) is 6.06. The number of hydrogen-bond acceptors (Lipinski definition) is 5. The van der Waals surface area contributed by atoms with Gasteiger partial charge in [-0.2, -0.15) is 0 Å². The van der Waals surface area contributed by atoms with Crippen molar-refractivity contribution < 1.29 is 19.0 Å². The predicted molar refractivity (Wildman–Crippen MR) is 79.6 cm³/mol. The quantitative estimate of drug-likeness (QED) is 0.591. The molecule has 20 heavy (non-hydrogen) atoms. The van der Waals surface area contributed by atoms with Crippen LogP contribution in [0.25, 0.3) is 0 Å². The first kappa shape index (κ1) is 19.4. The summed E-state index contributed by atoms with van der Waals surface area (Å²) < 4.78 is 16.4. The number of esters is 1. The molecule has 0 bridgehead atoms. The molecule has 0 aliphatic heterocycles. The maximum atomic E-state index is 11.3. The highest BCUT2D eigenvalue weighted by Crippen LogP contribution is 2.20. The van der Waals surface area contributed by atoms with E-state index in [4.69, 9.17) is 19.9 Å². The molecule has 5 heteroatoms. The predicted octanol–water partition coefficient (Wildman–Crippen LogP) is 2.27. The molecule has 0 aromatic heterocycles. The van der Waals surface area contributed by atoms with Gasteiger partial charge in [0.2, 0.25) is 0 Å². The number of carbonyl (C=O) groups excluding carboxylic acids is 1. The van der Waals surface area contributed by atoms with Crippen molar-refractivity contribution in [3.05, 3.63) is 0 Å². The van der Waals surface area contributed by atoms with E-state index in [1.807, 2.05) is 34.6 Å². The molecule has 0 atom stereocenters. The first-order valence-corrected chi connectivity index (χ1v) is 7.36. The Hall–Kier alpha value is -0.650. The molecule has 0 aromatic rings. The van der Waals surface area contributed by atoms with Crippen LogP contribution >= 0.6 is 0 Å². The lowest BCUT2D eigenvalue weighted by Crippen LogP contribution is -2.32. The van der Waals surface area contributed by atoms with Gasteiger partial charge in [0.15, 0.2) is 0 Å². The fourth-order valence-corrected chi connectivity index (χ4v) is 1.69. The average Bonchev–Trinajstić information content (AvgIpc) is 2.34. The van der Waals surface area contributed by atoms with Gasteiger partial charge in [0.1, 0.15) is 0 Å². The fraction of sp³-hybridized carbons (Fsp3) is 0.933. The summed E-state index contributed by atoms with van der Waals surface area (Å²) in [5.41, 5.74) is 4.85. The van der Waals surface area contributed by atoms with Crippen molar-refractivity contribution >= 4 is 5.97 Å². The third-order valence-corrected chi connectivity index (χ3v) is 3.04. The van der Waals surface area contributed by atoms with Gasteiger partial charge in [-0.15, -0.1) is 0 Å². The third kappa shape index (κ3) is 10.2. The fourth-order valence-electron chi connectivity index (χ4n) is 1.69. The van der Waals surface area contributed by atoms with Crippen LogP contribution in [0.3, 0.4) is 0 Å². The van der Waals surface area contributed by atoms with Crippen molar-refractivity contribution in [1.82, 2.24) is 0 Å². The Bertz CT molecular complexity index is 277. The van der Waals surface area contributed by atoms with Crippen LogP contribution in [-0.4, -0.2) is 43.5 Å². The Balaban J connectivity index is 3.94. The molecule has 5 nitrogen and oxygen atoms in total. The molecule has 0 aliphatic rings. The Morgan fingerprint density at radius 3 is 2.10 bits per heavy atom. The summed E-state index contributed by atoms with van der Waals surface area (Å²) in [6.45, 7) is 11.9. The van der Waals surface area contributed by atoms with Crippen LogP contribution < -0.4 is 5.73 Å². The van der Waals surface area contributed by atoms with Crippen LogP contribution in [0.2, 0.25) is 0 Å². The van der Waals surface area contributed by atoms with Gasteiger partial charge < -0.3 is 19.9 Å². The van der Waals surface area contributed by atoms with Gasteiger partial charge >= 0.3 is 5.97 Å². The highest BCUT2D eigenvalue weighted by Gasteiger charge is 2.23. The van der Waals surface area contributed by atoms with Crippen LogP contribution in [0.4, 0.5) is 0 Å². The molecule has 0 heterocycles. The summed E-state index contributed by atoms with van der Waals surface area (Å²) >= 11 is 0. The number of rotatable bonds is 11. The first-order valence-electron chi connectivity index (χ1n) is 7.36. The number of carbonyl (C=O) groups is 1. The molecule has 0 spiro atoms. The molecule has 0 amide bonds. The molecular weight excluding hydrogens is 258 g/mol. The van der Waals surface area contributed by atoms with Crippen LogP contribution in [-0.2, 0) is 19.0 Å². The summed E-state index contributed by atoms with van der Waals surface area (Å²) in [4.78, 5) is 11.3. The minimum Gasteiger partial charge on any atom is -0.466 e. The lowest BCUT2D eigenvalue weighted by atomic mass is 10.0. The lowest BCUT2D eigenvalue weighted by molar-refractivity contribution is -0.145. The summed E-state index contributed by atoms with van der Waals surface area (Å²) in [6.07, 6.45) is 1.82. The highest BCUT2D eigenvalue weighted by atomic mass is 16.5. The zero-order valence-electron chi connectivity index (χ0n) is 13.7. The SMILES string of the molecule is CCOC(=O)CCC(C)(C)OCCC(C)(C)OCCN. The number of hydrogen-bond donors (Lipinski definition) is 1. The van der Waals surface area contributed by atoms with Gasteiger partial charge in [0.05, 0.1) is 31.0 Å². The van der Waals surface area contributed by atoms with Crippen molar-refractivity contribution in [2.45, 2.75) is 65.1 Å². The zero-order valence-corrected chi connectivity index (χ0v) is 13.7. The largest absolute Gasteiger partial charge is 0.466 e. The topological polar surface area (TPSA) is 70.8 Å². The monoisotopic (exact) mass is 289 g/mol. The lowest BCUT2D eigenvalue weighted by Gasteiger charge is -2.29. The smallest absolute Gasteiger partial charge is 0.305 e. The summed E-state index contributed by atoms with van der Waals surface area (Å²) in [7, 11) is 0. The van der Waals surface area contributed by atoms with E-state index in [0.717, 1.165) is 6.42 Å². The molecule has 0 radical (unpaired) electrons. The minimum atomic E-state index is -0.337. The number of ether oxygens (including phenoxy) is 3. The molecule has 0 saturated carbocycles. The van der Waals surface area contributed by atoms with Gasteiger partial charge in [-0.3, -0.25) is 4.79 Å². The average molecular weight is 289 g/mol. The van der Waals surface area contributed by atoms with E-state index >= 15 is 0 Å². The standard InChI is InChI=1S/C15H31NO4/c1-6-18-13(17)7-8-14(2,3)19-11-9-15(4,5)20-12-10-16/h6-12,16H2,1-5H3. The zero-order chi connectivity index (χ0) is 15.6. The molecule has 0 aromatic carbocycles. The van der Waals surface area contributed by atoms with Crippen LogP contribution in [0.5, 0.6) is 0 Å². The van der Waals surface area contributed by atoms with Crippen LogP contribution in [0.1, 0.15) is 53.9 Å². The molecule has 0 fully saturated rings. The molecule has 0 unspecified atom stereocenters. The Morgan fingerprint density at radius 2 is 1.55 bits per heavy atom. The normalized spacial score (nSPS) is 12.5. The van der Waals surface area contributed by atoms with Crippen LogP contribution in [0, 0.1) is 0 Å². The van der Waals surface area contributed by atoms with Crippen LogP contribution in [0.15, 0.2) is 0 Å². The molecule has 0 rings (SSSR count). The second kappa shape index (κ2) is 9.32. The Labute approximate surface area is 123 Å². The van der Waals surface area contributed by atoms with Gasteiger partial charge in [-0.1, -0.05) is 0 Å². The molecule has 0 aliphatic carbocycles. The second-order valence-corrected chi connectivity index (χ2v) is 6.06. The van der Waals surface area contributed by atoms with E-state index in [2.05, 4.69) is 0 Å². The van der Waals surface area contributed by atoms with Crippen molar-refractivity contribution in [2.24, 2.45) is 5.73 Å². The van der Waals surface area contributed by atoms with Crippen molar-refractivity contribution in [2.75, 3.05) is 26.4 Å². The van der Waals surface area contributed by atoms with E-state index < -0.39 is 0 Å². The van der Waals surface area contributed by atoms with Gasteiger partial charge in [-0.25, -0.2) is 0 Å². The maximum Gasteiger partial charge on any atom is 0.305 e. The first-order chi connectivity index (χ1) is 9.22. The Kier molecular flexibility index (Phi) is 9.01. The third-order valence-electron chi connectivity index (χ3n) is 3.04. The summed E-state index contributed by atoms with van der Waals surface area (Å²) in [5, 5.41) is 0. The summed E-state index contributed by atoms with van der Waals surface area (Å²) in [6, 6.07) is 0. The van der Waals surface area contributed by atoms with E-state index in [9.17, 15) is 4.79 Å². The van der Waals surface area contributed by atoms with Gasteiger partial charge in [-0.05, 0) is 47.5 Å². The maximum absolute atomic E-state index is 11.3. The molecule has 2 N–H and O–H groups in total. The minimum absolute atomic E-state index is 0.171. The Morgan fingerprint density at radius 1 is 1.00 bits per heavy atom. The van der Waals surface area contributed by atoms with Crippen molar-refractivity contribution in [1.29, 1.82) is 0 Å². The van der Waals surface area contributed by atoms with Gasteiger partial charge in [0, 0.05) is 13.0 Å². The summed E-state index contributed by atoms with van der Waals surface area (Å²) in [5.74, 6) is -0.171.